The van der Waals surface area contributed by atoms with E-state index in [1.165, 1.54) is 31.3 Å². The molecule has 4 aliphatic rings. The monoisotopic (exact) mass is 432 g/mol. The topological polar surface area (TPSA) is 77.8 Å². The second-order valence-electron chi connectivity index (χ2n) is 12.2. The second-order valence-corrected chi connectivity index (χ2v) is 12.2. The average Bonchev–Trinajstić information content (AvgIpc) is 3.06. The van der Waals surface area contributed by atoms with E-state index in [1.54, 1.807) is 0 Å². The maximum Gasteiger partial charge on any atom is 0.306 e. The van der Waals surface area contributed by atoms with Crippen LogP contribution in [-0.4, -0.2) is 27.4 Å². The number of carbonyl (C=O) groups is 1. The van der Waals surface area contributed by atoms with Gasteiger partial charge < -0.3 is 15.3 Å². The summed E-state index contributed by atoms with van der Waals surface area (Å²) in [5.74, 6) is 2.95. The number of allylic oxidation sites excluding steroid dienone is 1. The Hall–Kier alpha value is -1.03. The molecule has 0 saturated heterocycles. The number of carboxylic acid groups (broad SMARTS) is 1. The van der Waals surface area contributed by atoms with Gasteiger partial charge in [-0.25, -0.2) is 0 Å². The van der Waals surface area contributed by atoms with Crippen LogP contribution in [0.15, 0.2) is 11.3 Å². The first-order chi connectivity index (χ1) is 14.6. The first-order valence-electron chi connectivity index (χ1n) is 12.9. The molecule has 0 radical (unpaired) electrons. The van der Waals surface area contributed by atoms with Gasteiger partial charge in [0.15, 0.2) is 0 Å². The van der Waals surface area contributed by atoms with E-state index in [1.807, 2.05) is 6.92 Å². The summed E-state index contributed by atoms with van der Waals surface area (Å²) >= 11 is 0. The fourth-order valence-electron chi connectivity index (χ4n) is 8.80. The minimum atomic E-state index is -0.674. The number of hydrogen-bond donors (Lipinski definition) is 3. The van der Waals surface area contributed by atoms with Crippen molar-refractivity contribution in [3.05, 3.63) is 11.3 Å². The van der Waals surface area contributed by atoms with E-state index in [0.29, 0.717) is 47.2 Å². The quantitative estimate of drug-likeness (QED) is 0.458. The minimum Gasteiger partial charge on any atom is -0.512 e. The van der Waals surface area contributed by atoms with Crippen LogP contribution in [0.4, 0.5) is 0 Å². The Balaban J connectivity index is 1.48. The number of aliphatic carboxylic acids is 1. The standard InChI is InChI=1S/C27H44O4/c1-16(6-5-7-17(2)25(30)31)20-8-9-21-19-15-24(29)23-14-18(28)10-12-27(23,4)22(19)11-13-26(20,21)3/h16-22,28-29H,5-15H2,1-4H3,(H,30,31)/t16-,17?,18+,19+,20-,21+,22+,26-,27-/m1/s1. The van der Waals surface area contributed by atoms with Crippen LogP contribution < -0.4 is 0 Å². The van der Waals surface area contributed by atoms with E-state index in [2.05, 4.69) is 20.8 Å². The Morgan fingerprint density at radius 2 is 1.77 bits per heavy atom. The lowest BCUT2D eigenvalue weighted by molar-refractivity contribution is -0.141. The van der Waals surface area contributed by atoms with Gasteiger partial charge in [-0.3, -0.25) is 4.79 Å². The Morgan fingerprint density at radius 1 is 1.03 bits per heavy atom. The molecule has 0 spiro atoms. The van der Waals surface area contributed by atoms with E-state index >= 15 is 0 Å². The van der Waals surface area contributed by atoms with Crippen LogP contribution in [0.2, 0.25) is 0 Å². The van der Waals surface area contributed by atoms with E-state index in [9.17, 15) is 15.0 Å². The maximum absolute atomic E-state index is 11.1. The highest BCUT2D eigenvalue weighted by Crippen LogP contribution is 2.68. The summed E-state index contributed by atoms with van der Waals surface area (Å²) in [4.78, 5) is 11.1. The highest BCUT2D eigenvalue weighted by molar-refractivity contribution is 5.69. The van der Waals surface area contributed by atoms with E-state index in [0.717, 1.165) is 38.5 Å². The molecular weight excluding hydrogens is 388 g/mol. The molecule has 0 aliphatic heterocycles. The molecule has 0 heterocycles. The molecule has 3 fully saturated rings. The highest BCUT2D eigenvalue weighted by Gasteiger charge is 2.60. The molecule has 0 bridgehead atoms. The lowest BCUT2D eigenvalue weighted by Gasteiger charge is -2.58. The van der Waals surface area contributed by atoms with Crippen molar-refractivity contribution in [2.24, 2.45) is 46.3 Å². The SMILES string of the molecule is CC(CCC[C@@H](C)[C@H]1CC[C@H]2[C@@H]3CC(O)=C4C[C@@H](O)CC[C@]4(C)[C@H]3CC[C@]12C)C(=O)O. The molecule has 3 saturated carbocycles. The van der Waals surface area contributed by atoms with Gasteiger partial charge in [0.1, 0.15) is 0 Å². The molecule has 0 aromatic rings. The van der Waals surface area contributed by atoms with E-state index < -0.39 is 5.97 Å². The summed E-state index contributed by atoms with van der Waals surface area (Å²) in [6.07, 6.45) is 11.1. The van der Waals surface area contributed by atoms with Gasteiger partial charge in [0, 0.05) is 6.42 Å². The van der Waals surface area contributed by atoms with Crippen LogP contribution in [0.1, 0.15) is 98.3 Å². The molecule has 0 aromatic heterocycles. The largest absolute Gasteiger partial charge is 0.512 e. The molecule has 31 heavy (non-hydrogen) atoms. The average molecular weight is 433 g/mol. The van der Waals surface area contributed by atoms with Crippen molar-refractivity contribution in [3.8, 4) is 0 Å². The summed E-state index contributed by atoms with van der Waals surface area (Å²) in [5.41, 5.74) is 1.59. The van der Waals surface area contributed by atoms with Gasteiger partial charge in [-0.05, 0) is 97.4 Å². The van der Waals surface area contributed by atoms with Gasteiger partial charge in [-0.15, -0.1) is 0 Å². The van der Waals surface area contributed by atoms with E-state index in [-0.39, 0.29) is 17.4 Å². The fraction of sp³-hybridized carbons (Fsp3) is 0.889. The van der Waals surface area contributed by atoms with Crippen molar-refractivity contribution in [2.45, 2.75) is 104 Å². The Labute approximate surface area is 188 Å². The smallest absolute Gasteiger partial charge is 0.306 e. The number of fused-ring (bicyclic) bond motifs is 5. The first kappa shape index (κ1) is 23.1. The molecule has 4 nitrogen and oxygen atoms in total. The Bertz CT molecular complexity index is 729. The van der Waals surface area contributed by atoms with Crippen molar-refractivity contribution in [2.75, 3.05) is 0 Å². The van der Waals surface area contributed by atoms with Gasteiger partial charge in [0.2, 0.25) is 0 Å². The number of aliphatic hydroxyl groups excluding tert-OH is 2. The van der Waals surface area contributed by atoms with Crippen LogP contribution in [0.25, 0.3) is 0 Å². The normalized spacial score (nSPS) is 44.2. The second kappa shape index (κ2) is 8.39. The molecule has 176 valence electrons. The first-order valence-corrected chi connectivity index (χ1v) is 12.9. The van der Waals surface area contributed by atoms with Gasteiger partial charge in [0.25, 0.3) is 0 Å². The zero-order valence-corrected chi connectivity index (χ0v) is 20.1. The molecular formula is C27H44O4. The molecule has 1 unspecified atom stereocenters. The zero-order chi connectivity index (χ0) is 22.6. The summed E-state index contributed by atoms with van der Waals surface area (Å²) in [6, 6.07) is 0. The van der Waals surface area contributed by atoms with Crippen molar-refractivity contribution in [1.29, 1.82) is 0 Å². The number of carboxylic acids is 1. The van der Waals surface area contributed by atoms with Crippen LogP contribution >= 0.6 is 0 Å². The molecule has 0 aromatic carbocycles. The van der Waals surface area contributed by atoms with Crippen LogP contribution in [-0.2, 0) is 4.79 Å². The maximum atomic E-state index is 11.1. The van der Waals surface area contributed by atoms with Crippen molar-refractivity contribution < 1.29 is 20.1 Å². The number of rotatable bonds is 6. The lowest BCUT2D eigenvalue weighted by atomic mass is 9.46. The number of aliphatic hydroxyl groups is 2. The molecule has 0 amide bonds. The van der Waals surface area contributed by atoms with Crippen LogP contribution in [0, 0.1) is 46.3 Å². The van der Waals surface area contributed by atoms with Crippen molar-refractivity contribution >= 4 is 5.97 Å². The van der Waals surface area contributed by atoms with Crippen LogP contribution in [0.3, 0.4) is 0 Å². The molecule has 3 N–H and O–H groups in total. The fourth-order valence-corrected chi connectivity index (χ4v) is 8.80. The summed E-state index contributed by atoms with van der Waals surface area (Å²) in [6.45, 7) is 9.13. The third kappa shape index (κ3) is 3.85. The van der Waals surface area contributed by atoms with E-state index in [4.69, 9.17) is 5.11 Å². The van der Waals surface area contributed by atoms with Gasteiger partial charge in [-0.1, -0.05) is 40.5 Å². The molecule has 4 rings (SSSR count). The summed E-state index contributed by atoms with van der Waals surface area (Å²) in [5, 5.41) is 30.4. The summed E-state index contributed by atoms with van der Waals surface area (Å²) < 4.78 is 0. The molecule has 4 aliphatic carbocycles. The predicted molar refractivity (Wildman–Crippen MR) is 123 cm³/mol. The number of hydrogen-bond acceptors (Lipinski definition) is 3. The molecule has 9 atom stereocenters. The van der Waals surface area contributed by atoms with Gasteiger partial charge >= 0.3 is 5.97 Å². The third-order valence-corrected chi connectivity index (χ3v) is 10.6. The van der Waals surface area contributed by atoms with Gasteiger partial charge in [-0.2, -0.15) is 0 Å². The highest BCUT2D eigenvalue weighted by atomic mass is 16.4. The zero-order valence-electron chi connectivity index (χ0n) is 20.1. The predicted octanol–water partition coefficient (Wildman–Crippen LogP) is 6.34. The summed E-state index contributed by atoms with van der Waals surface area (Å²) in [7, 11) is 0. The third-order valence-electron chi connectivity index (χ3n) is 10.6. The van der Waals surface area contributed by atoms with Crippen molar-refractivity contribution in [3.63, 3.8) is 0 Å². The van der Waals surface area contributed by atoms with Crippen LogP contribution in [0.5, 0.6) is 0 Å². The van der Waals surface area contributed by atoms with Crippen molar-refractivity contribution in [1.82, 2.24) is 0 Å². The van der Waals surface area contributed by atoms with Gasteiger partial charge in [0.05, 0.1) is 17.8 Å². The molecule has 4 heteroatoms. The minimum absolute atomic E-state index is 0.0736. The Kier molecular flexibility index (Phi) is 6.26. The Morgan fingerprint density at radius 3 is 2.48 bits per heavy atom. The lowest BCUT2D eigenvalue weighted by Crippen LogP contribution is -2.51.